The first-order valence-corrected chi connectivity index (χ1v) is 6.93. The monoisotopic (exact) mass is 319 g/mol. The molecule has 22 heavy (non-hydrogen) atoms. The lowest BCUT2D eigenvalue weighted by molar-refractivity contribution is -0.138. The fourth-order valence-electron chi connectivity index (χ4n) is 2.60. The van der Waals surface area contributed by atoms with Crippen LogP contribution >= 0.6 is 0 Å². The largest absolute Gasteiger partial charge is 0.406 e. The molecule has 0 saturated carbocycles. The zero-order valence-corrected chi connectivity index (χ0v) is 12.8. The number of carbonyl (C=O) groups is 1. The van der Waals surface area contributed by atoms with Gasteiger partial charge in [-0.15, -0.1) is 0 Å². The van der Waals surface area contributed by atoms with Crippen LogP contribution in [0.4, 0.5) is 18.0 Å². The highest BCUT2D eigenvalue weighted by molar-refractivity contribution is 5.74. The lowest BCUT2D eigenvalue weighted by Crippen LogP contribution is -2.53. The van der Waals surface area contributed by atoms with Crippen molar-refractivity contribution in [3.05, 3.63) is 18.2 Å². The molecule has 0 aliphatic carbocycles. The quantitative estimate of drug-likeness (QED) is 0.826. The number of rotatable bonds is 2. The second-order valence-electron chi connectivity index (χ2n) is 5.59. The first-order chi connectivity index (χ1) is 10.2. The summed E-state index contributed by atoms with van der Waals surface area (Å²) in [6, 6.07) is -0.735. The van der Waals surface area contributed by atoms with E-state index in [9.17, 15) is 18.0 Å². The Morgan fingerprint density at radius 1 is 1.41 bits per heavy atom. The first kappa shape index (κ1) is 16.6. The molecule has 1 aromatic rings. The van der Waals surface area contributed by atoms with Gasteiger partial charge in [0.05, 0.1) is 6.04 Å². The van der Waals surface area contributed by atoms with Crippen molar-refractivity contribution >= 4 is 6.03 Å². The van der Waals surface area contributed by atoms with Gasteiger partial charge in [0.1, 0.15) is 12.4 Å². The Bertz CT molecular complexity index is 530. The molecule has 2 heterocycles. The zero-order chi connectivity index (χ0) is 16.5. The third-order valence-electron chi connectivity index (χ3n) is 3.82. The van der Waals surface area contributed by atoms with Crippen molar-refractivity contribution < 1.29 is 18.0 Å². The Hall–Kier alpha value is -1.77. The topological polar surface area (TPSA) is 44.6 Å². The minimum Gasteiger partial charge on any atom is -0.337 e. The SMILES string of the molecule is CN(CC(F)(F)F)C(=O)N1CCN(C)C(c2nccn2C)C1. The van der Waals surface area contributed by atoms with E-state index in [0.29, 0.717) is 24.5 Å². The van der Waals surface area contributed by atoms with Crippen molar-refractivity contribution in [1.29, 1.82) is 0 Å². The van der Waals surface area contributed by atoms with Crippen LogP contribution in [0.15, 0.2) is 12.4 Å². The number of imidazole rings is 1. The van der Waals surface area contributed by atoms with Crippen molar-refractivity contribution in [2.45, 2.75) is 12.2 Å². The number of aromatic nitrogens is 2. The van der Waals surface area contributed by atoms with Gasteiger partial charge in [0.2, 0.25) is 0 Å². The standard InChI is InChI=1S/C13H20F3N5O/c1-18-6-7-21(12(22)20(3)9-13(14,15)16)8-10(18)11-17-4-5-19(11)2/h4-5,10H,6-9H2,1-3H3. The fourth-order valence-corrected chi connectivity index (χ4v) is 2.60. The van der Waals surface area contributed by atoms with Crippen LogP contribution in [-0.2, 0) is 7.05 Å². The molecule has 1 aliphatic heterocycles. The molecule has 0 aromatic carbocycles. The number of piperazine rings is 1. The number of halogens is 3. The molecular formula is C13H20F3N5O. The number of aryl methyl sites for hydroxylation is 1. The predicted molar refractivity (Wildman–Crippen MR) is 74.2 cm³/mol. The number of carbonyl (C=O) groups excluding carboxylic acids is 1. The Kier molecular flexibility index (Phi) is 4.64. The minimum absolute atomic E-state index is 0.128. The van der Waals surface area contributed by atoms with E-state index in [-0.39, 0.29) is 6.04 Å². The van der Waals surface area contributed by atoms with E-state index >= 15 is 0 Å². The summed E-state index contributed by atoms with van der Waals surface area (Å²) < 4.78 is 39.1. The third kappa shape index (κ3) is 3.70. The average molecular weight is 319 g/mol. The molecule has 1 saturated heterocycles. The van der Waals surface area contributed by atoms with Crippen LogP contribution in [0, 0.1) is 0 Å². The summed E-state index contributed by atoms with van der Waals surface area (Å²) in [4.78, 5) is 20.7. The van der Waals surface area contributed by atoms with Crippen molar-refractivity contribution in [2.24, 2.45) is 7.05 Å². The van der Waals surface area contributed by atoms with E-state index in [1.807, 2.05) is 18.7 Å². The molecule has 124 valence electrons. The van der Waals surface area contributed by atoms with Gasteiger partial charge >= 0.3 is 12.2 Å². The zero-order valence-electron chi connectivity index (χ0n) is 12.8. The van der Waals surface area contributed by atoms with Crippen LogP contribution < -0.4 is 0 Å². The number of hydrogen-bond acceptors (Lipinski definition) is 3. The molecule has 0 radical (unpaired) electrons. The van der Waals surface area contributed by atoms with Gasteiger partial charge in [-0.05, 0) is 7.05 Å². The molecule has 2 amide bonds. The molecule has 0 bridgehead atoms. The number of hydrogen-bond donors (Lipinski definition) is 0. The average Bonchev–Trinajstić information content (AvgIpc) is 2.82. The van der Waals surface area contributed by atoms with E-state index in [0.717, 1.165) is 5.82 Å². The summed E-state index contributed by atoms with van der Waals surface area (Å²) in [6.07, 6.45) is -0.921. The molecule has 0 N–H and O–H groups in total. The summed E-state index contributed by atoms with van der Waals surface area (Å²) in [5.41, 5.74) is 0. The van der Waals surface area contributed by atoms with Gasteiger partial charge in [-0.3, -0.25) is 4.90 Å². The Morgan fingerprint density at radius 3 is 2.64 bits per heavy atom. The molecule has 1 aromatic heterocycles. The van der Waals surface area contributed by atoms with Gasteiger partial charge < -0.3 is 14.4 Å². The van der Waals surface area contributed by atoms with Gasteiger partial charge in [0.25, 0.3) is 0 Å². The third-order valence-corrected chi connectivity index (χ3v) is 3.82. The van der Waals surface area contributed by atoms with Crippen LogP contribution in [0.1, 0.15) is 11.9 Å². The van der Waals surface area contributed by atoms with E-state index in [1.54, 1.807) is 12.4 Å². The van der Waals surface area contributed by atoms with E-state index in [2.05, 4.69) is 9.88 Å². The molecule has 0 spiro atoms. The van der Waals surface area contributed by atoms with Crippen LogP contribution in [0.5, 0.6) is 0 Å². The summed E-state index contributed by atoms with van der Waals surface area (Å²) in [6.45, 7) is 0.0647. The highest BCUT2D eigenvalue weighted by atomic mass is 19.4. The van der Waals surface area contributed by atoms with Gasteiger partial charge in [-0.2, -0.15) is 13.2 Å². The summed E-state index contributed by atoms with van der Waals surface area (Å²) >= 11 is 0. The van der Waals surface area contributed by atoms with Crippen molar-refractivity contribution in [2.75, 3.05) is 40.3 Å². The maximum atomic E-state index is 12.4. The number of amides is 2. The molecule has 1 unspecified atom stereocenters. The van der Waals surface area contributed by atoms with Crippen LogP contribution in [0.25, 0.3) is 0 Å². The molecule has 2 rings (SSSR count). The highest BCUT2D eigenvalue weighted by Gasteiger charge is 2.36. The van der Waals surface area contributed by atoms with Gasteiger partial charge in [-0.1, -0.05) is 0 Å². The van der Waals surface area contributed by atoms with Gasteiger partial charge in [0.15, 0.2) is 0 Å². The minimum atomic E-state index is -4.39. The normalized spacial score (nSPS) is 20.3. The van der Waals surface area contributed by atoms with Gasteiger partial charge in [0, 0.05) is 46.1 Å². The maximum absolute atomic E-state index is 12.4. The van der Waals surface area contributed by atoms with Crippen molar-refractivity contribution in [3.63, 3.8) is 0 Å². The van der Waals surface area contributed by atoms with Gasteiger partial charge in [-0.25, -0.2) is 9.78 Å². The number of nitrogens with zero attached hydrogens (tertiary/aromatic N) is 5. The van der Waals surface area contributed by atoms with Crippen LogP contribution in [-0.4, -0.2) is 76.7 Å². The van der Waals surface area contributed by atoms with E-state index in [1.165, 1.54) is 11.9 Å². The number of urea groups is 1. The highest BCUT2D eigenvalue weighted by Crippen LogP contribution is 2.23. The smallest absolute Gasteiger partial charge is 0.337 e. The number of likely N-dealkylation sites (N-methyl/N-ethyl adjacent to an activating group) is 1. The summed E-state index contributed by atoms with van der Waals surface area (Å²) in [7, 11) is 4.94. The molecule has 6 nitrogen and oxygen atoms in total. The second kappa shape index (κ2) is 6.15. The molecule has 1 atom stereocenters. The molecule has 9 heteroatoms. The summed E-state index contributed by atoms with van der Waals surface area (Å²) in [5.74, 6) is 0.790. The Morgan fingerprint density at radius 2 is 2.09 bits per heavy atom. The predicted octanol–water partition coefficient (Wildman–Crippen LogP) is 1.32. The molecule has 1 aliphatic rings. The summed E-state index contributed by atoms with van der Waals surface area (Å²) in [5, 5.41) is 0. The Labute approximate surface area is 127 Å². The second-order valence-corrected chi connectivity index (χ2v) is 5.59. The lowest BCUT2D eigenvalue weighted by atomic mass is 10.1. The van der Waals surface area contributed by atoms with Crippen LogP contribution in [0.2, 0.25) is 0 Å². The Balaban J connectivity index is 2.07. The van der Waals surface area contributed by atoms with Crippen LogP contribution in [0.3, 0.4) is 0 Å². The lowest BCUT2D eigenvalue weighted by Gasteiger charge is -2.40. The van der Waals surface area contributed by atoms with E-state index in [4.69, 9.17) is 0 Å². The van der Waals surface area contributed by atoms with Crippen molar-refractivity contribution in [1.82, 2.24) is 24.3 Å². The number of alkyl halides is 3. The molecule has 1 fully saturated rings. The maximum Gasteiger partial charge on any atom is 0.406 e. The first-order valence-electron chi connectivity index (χ1n) is 6.93. The van der Waals surface area contributed by atoms with Crippen molar-refractivity contribution in [3.8, 4) is 0 Å². The fraction of sp³-hybridized carbons (Fsp3) is 0.692. The molecular weight excluding hydrogens is 299 g/mol. The van der Waals surface area contributed by atoms with E-state index < -0.39 is 18.8 Å².